The molecule has 2 aliphatic carbocycles. The van der Waals surface area contributed by atoms with E-state index in [1.807, 2.05) is 11.8 Å². The van der Waals surface area contributed by atoms with Gasteiger partial charge in [-0.25, -0.2) is 6.08 Å². The number of benzene rings is 2. The van der Waals surface area contributed by atoms with Crippen molar-refractivity contribution in [1.82, 2.24) is 0 Å². The molecule has 147 valence electrons. The monoisotopic (exact) mass is 595 g/mol. The van der Waals surface area contributed by atoms with E-state index in [0.29, 0.717) is 11.8 Å². The van der Waals surface area contributed by atoms with Gasteiger partial charge < -0.3 is 24.8 Å². The van der Waals surface area contributed by atoms with Crippen LogP contribution >= 0.6 is 27.7 Å². The minimum absolute atomic E-state index is 0. The molecule has 0 fully saturated rings. The summed E-state index contributed by atoms with van der Waals surface area (Å²) in [6, 6.07) is 15.3. The molecule has 0 spiro atoms. The molecule has 0 saturated carbocycles. The van der Waals surface area contributed by atoms with Crippen LogP contribution in [-0.2, 0) is 26.2 Å². The van der Waals surface area contributed by atoms with Gasteiger partial charge >= 0.3 is 26.2 Å². The van der Waals surface area contributed by atoms with Crippen LogP contribution in [0.1, 0.15) is 34.1 Å². The topological polar surface area (TPSA) is 0 Å². The van der Waals surface area contributed by atoms with Crippen molar-refractivity contribution in [3.05, 3.63) is 96.3 Å². The van der Waals surface area contributed by atoms with E-state index in [9.17, 15) is 0 Å². The summed E-state index contributed by atoms with van der Waals surface area (Å²) < 4.78 is 1.21. The van der Waals surface area contributed by atoms with Crippen LogP contribution in [0, 0.1) is 6.08 Å². The van der Waals surface area contributed by atoms with E-state index in [-0.39, 0.29) is 51.0 Å². The fourth-order valence-electron chi connectivity index (χ4n) is 4.32. The van der Waals surface area contributed by atoms with Crippen LogP contribution in [0.15, 0.2) is 68.0 Å². The van der Waals surface area contributed by atoms with Gasteiger partial charge in [0.2, 0.25) is 0 Å². The smallest absolute Gasteiger partial charge is 1.00 e. The fraction of sp³-hybridized carbons (Fsp3) is 0.217. The molecule has 0 aromatic heterocycles. The third-order valence-electron chi connectivity index (χ3n) is 5.48. The van der Waals surface area contributed by atoms with Crippen molar-refractivity contribution in [2.45, 2.75) is 31.5 Å². The Morgan fingerprint density at radius 1 is 1.00 bits per heavy atom. The number of allylic oxidation sites excluding steroid dienone is 4. The normalized spacial score (nSPS) is 20.8. The van der Waals surface area contributed by atoms with Gasteiger partial charge in [-0.15, -0.1) is 0 Å². The summed E-state index contributed by atoms with van der Waals surface area (Å²) in [6.07, 6.45) is 8.47. The second-order valence-electron chi connectivity index (χ2n) is 8.21. The van der Waals surface area contributed by atoms with Crippen LogP contribution in [-0.4, -0.2) is 8.07 Å². The molecule has 2 bridgehead atoms. The quantitative estimate of drug-likeness (QED) is 0.379. The Labute approximate surface area is 218 Å². The summed E-state index contributed by atoms with van der Waals surface area (Å²) in [4.78, 5) is 3.00. The van der Waals surface area contributed by atoms with E-state index < -0.39 is 8.07 Å². The number of hydrogen-bond donors (Lipinski definition) is 0. The number of rotatable bonds is 3. The second kappa shape index (κ2) is 9.35. The molecular formula is C23H20BrCl2SSiZr. The molecule has 0 saturated heterocycles. The van der Waals surface area contributed by atoms with E-state index in [4.69, 9.17) is 0 Å². The molecule has 0 N–H and O–H groups in total. The predicted octanol–water partition coefficient (Wildman–Crippen LogP) is 1.28. The molecule has 4 aliphatic rings. The number of halogens is 3. The SMILES string of the molecule is C[Si](C)(C)C1=C2SC1=[C-]C2c1ccc(Br)c2c1C=CC2c1ccccc1.[Cl-].[Cl-].[Zr+3]. The van der Waals surface area contributed by atoms with Crippen molar-refractivity contribution < 1.29 is 51.0 Å². The first-order chi connectivity index (χ1) is 12.4. The Morgan fingerprint density at radius 2 is 1.69 bits per heavy atom. The molecule has 0 amide bonds. The zero-order valence-corrected chi connectivity index (χ0v) is 23.8. The second-order valence-corrected chi connectivity index (χ2v) is 15.1. The first-order valence-electron chi connectivity index (χ1n) is 9.07. The van der Waals surface area contributed by atoms with Crippen molar-refractivity contribution in [3.8, 4) is 0 Å². The van der Waals surface area contributed by atoms with Gasteiger partial charge in [0, 0.05) is 10.4 Å². The minimum atomic E-state index is -1.28. The molecule has 6 heteroatoms. The third-order valence-corrected chi connectivity index (χ3v) is 9.74. The van der Waals surface area contributed by atoms with Crippen LogP contribution < -0.4 is 24.8 Å². The summed E-state index contributed by atoms with van der Waals surface area (Å²) >= 11 is 5.78. The number of hydrogen-bond acceptors (Lipinski definition) is 1. The summed E-state index contributed by atoms with van der Waals surface area (Å²) in [5.41, 5.74) is 5.57. The van der Waals surface area contributed by atoms with Gasteiger partial charge in [-0.1, -0.05) is 94.9 Å². The maximum Gasteiger partial charge on any atom is 3.00 e. The van der Waals surface area contributed by atoms with Gasteiger partial charge in [0.15, 0.2) is 0 Å². The maximum atomic E-state index is 3.82. The van der Waals surface area contributed by atoms with Crippen molar-refractivity contribution in [1.29, 1.82) is 0 Å². The van der Waals surface area contributed by atoms with Crippen molar-refractivity contribution in [2.24, 2.45) is 0 Å². The summed E-state index contributed by atoms with van der Waals surface area (Å²) in [5, 5.41) is 1.66. The largest absolute Gasteiger partial charge is 3.00 e. The average molecular weight is 599 g/mol. The van der Waals surface area contributed by atoms with E-state index in [2.05, 4.69) is 96.3 Å². The van der Waals surface area contributed by atoms with Crippen molar-refractivity contribution >= 4 is 41.8 Å². The molecule has 6 rings (SSSR count). The zero-order valence-electron chi connectivity index (χ0n) is 16.4. The van der Waals surface area contributed by atoms with Gasteiger partial charge in [0.1, 0.15) is 0 Å². The van der Waals surface area contributed by atoms with Crippen LogP contribution in [0.5, 0.6) is 0 Å². The molecule has 2 unspecified atom stereocenters. The Hall–Kier alpha value is 0.170. The third kappa shape index (κ3) is 4.15. The molecule has 0 nitrogen and oxygen atoms in total. The number of thioether (sulfide) groups is 1. The van der Waals surface area contributed by atoms with E-state index in [0.717, 1.165) is 0 Å². The first kappa shape index (κ1) is 25.4. The van der Waals surface area contributed by atoms with Gasteiger partial charge in [-0.2, -0.15) is 21.9 Å². The predicted molar refractivity (Wildman–Crippen MR) is 119 cm³/mol. The maximum absolute atomic E-state index is 3.82. The van der Waals surface area contributed by atoms with E-state index in [1.54, 1.807) is 10.1 Å². The standard InChI is InChI=1S/C23H20BrSSi.2ClH.Zr/c1-26(2,3)23-20-13-18(22(23)25-20)16-11-12-19(24)21-15(9-10-17(16)21)14-7-5-4-6-8-14;;;/h4-12,15,18H,1-3H3;2*1H;/q-1;;;+3/p-2. The molecular weight excluding hydrogens is 578 g/mol. The van der Waals surface area contributed by atoms with Crippen LogP contribution in [0.2, 0.25) is 19.6 Å². The van der Waals surface area contributed by atoms with Crippen LogP contribution in [0.4, 0.5) is 0 Å². The van der Waals surface area contributed by atoms with E-state index in [1.165, 1.54) is 31.6 Å². The molecule has 1 radical (unpaired) electrons. The van der Waals surface area contributed by atoms with Gasteiger partial charge in [0.25, 0.3) is 0 Å². The molecule has 2 aromatic rings. The average Bonchev–Trinajstić information content (AvgIpc) is 3.27. The van der Waals surface area contributed by atoms with Gasteiger partial charge in [0.05, 0.1) is 0 Å². The van der Waals surface area contributed by atoms with Crippen LogP contribution in [0.3, 0.4) is 0 Å². The minimum Gasteiger partial charge on any atom is -1.00 e. The Balaban J connectivity index is 0.000001000. The summed E-state index contributed by atoms with van der Waals surface area (Å²) in [5.74, 6) is 0.681. The van der Waals surface area contributed by atoms with Crippen molar-refractivity contribution in [2.75, 3.05) is 0 Å². The zero-order chi connectivity index (χ0) is 18.1. The molecule has 2 heterocycles. The molecule has 29 heavy (non-hydrogen) atoms. The first-order valence-corrected chi connectivity index (χ1v) is 14.2. The summed E-state index contributed by atoms with van der Waals surface area (Å²) in [7, 11) is -1.28. The van der Waals surface area contributed by atoms with E-state index >= 15 is 0 Å². The fourth-order valence-corrected chi connectivity index (χ4v) is 9.65. The number of fused-ring (bicyclic) bond motifs is 2. The Morgan fingerprint density at radius 3 is 2.31 bits per heavy atom. The van der Waals surface area contributed by atoms with Crippen LogP contribution in [0.25, 0.3) is 6.08 Å². The Kier molecular flexibility index (Phi) is 8.20. The molecule has 2 aromatic carbocycles. The molecule has 2 aliphatic heterocycles. The summed E-state index contributed by atoms with van der Waals surface area (Å²) in [6.45, 7) is 7.34. The van der Waals surface area contributed by atoms with Gasteiger partial charge in [-0.05, 0) is 36.4 Å². The molecule has 2 atom stereocenters. The van der Waals surface area contributed by atoms with Crippen molar-refractivity contribution in [3.63, 3.8) is 0 Å². The van der Waals surface area contributed by atoms with Gasteiger partial charge in [-0.3, -0.25) is 0 Å². The Bertz CT molecular complexity index is 1030.